The zero-order valence-corrected chi connectivity index (χ0v) is 14.2. The third-order valence-corrected chi connectivity index (χ3v) is 4.03. The lowest BCUT2D eigenvalue weighted by molar-refractivity contribution is -0.120. The monoisotopic (exact) mass is 312 g/mol. The second kappa shape index (κ2) is 7.79. The molecule has 2 aromatic rings. The molecule has 0 bridgehead atoms. The van der Waals surface area contributed by atoms with E-state index in [0.717, 1.165) is 22.6 Å². The van der Waals surface area contributed by atoms with Crippen LogP contribution in [0.15, 0.2) is 48.5 Å². The summed E-state index contributed by atoms with van der Waals surface area (Å²) in [7, 11) is 3.60. The number of likely N-dealkylation sites (N-methyl/N-ethyl adjacent to an activating group) is 1. The number of ether oxygens (including phenoxy) is 1. The van der Waals surface area contributed by atoms with Crippen LogP contribution in [0, 0.1) is 6.92 Å². The van der Waals surface area contributed by atoms with E-state index in [4.69, 9.17) is 4.74 Å². The van der Waals surface area contributed by atoms with Crippen molar-refractivity contribution < 1.29 is 9.53 Å². The minimum atomic E-state index is -0.225. The summed E-state index contributed by atoms with van der Waals surface area (Å²) < 4.78 is 5.16. The summed E-state index contributed by atoms with van der Waals surface area (Å²) in [5.74, 6) is 0.831. The molecule has 23 heavy (non-hydrogen) atoms. The van der Waals surface area contributed by atoms with Crippen LogP contribution in [0.1, 0.15) is 18.1 Å². The predicted molar refractivity (Wildman–Crippen MR) is 93.7 cm³/mol. The summed E-state index contributed by atoms with van der Waals surface area (Å²) >= 11 is 0. The molecule has 4 nitrogen and oxygen atoms in total. The van der Waals surface area contributed by atoms with Crippen LogP contribution in [0.5, 0.6) is 5.75 Å². The minimum Gasteiger partial charge on any atom is -0.497 e. The molecule has 0 heterocycles. The van der Waals surface area contributed by atoms with Crippen molar-refractivity contribution in [3.05, 3.63) is 59.7 Å². The quantitative estimate of drug-likeness (QED) is 0.888. The first-order valence-electron chi connectivity index (χ1n) is 7.71. The fraction of sp³-hybridized carbons (Fsp3) is 0.316. The molecule has 2 rings (SSSR count). The van der Waals surface area contributed by atoms with Crippen LogP contribution < -0.4 is 10.1 Å². The zero-order chi connectivity index (χ0) is 16.8. The standard InChI is InChI=1S/C19H24N2O2/c1-14-7-5-6-8-18(14)20-19(22)15(2)21(3)13-16-9-11-17(23-4)12-10-16/h5-12,15H,13H2,1-4H3,(H,20,22)/t15-/m0/s1. The molecule has 0 saturated heterocycles. The molecule has 0 fully saturated rings. The van der Waals surface area contributed by atoms with Gasteiger partial charge in [0.25, 0.3) is 0 Å². The molecule has 1 amide bonds. The second-order valence-electron chi connectivity index (χ2n) is 5.74. The molecular weight excluding hydrogens is 288 g/mol. The normalized spacial score (nSPS) is 12.0. The van der Waals surface area contributed by atoms with Gasteiger partial charge in [0, 0.05) is 12.2 Å². The number of carbonyl (C=O) groups excluding carboxylic acids is 1. The second-order valence-corrected chi connectivity index (χ2v) is 5.74. The number of aryl methyl sites for hydroxylation is 1. The Bertz CT molecular complexity index is 653. The lowest BCUT2D eigenvalue weighted by atomic mass is 10.1. The van der Waals surface area contributed by atoms with Crippen molar-refractivity contribution in [2.75, 3.05) is 19.5 Å². The molecule has 0 radical (unpaired) electrons. The molecule has 122 valence electrons. The predicted octanol–water partition coefficient (Wildman–Crippen LogP) is 3.46. The number of amides is 1. The summed E-state index contributed by atoms with van der Waals surface area (Å²) in [5.41, 5.74) is 3.07. The lowest BCUT2D eigenvalue weighted by Crippen LogP contribution is -2.39. The number of rotatable bonds is 6. The first-order valence-corrected chi connectivity index (χ1v) is 7.71. The molecule has 0 aliphatic rings. The molecule has 0 aliphatic heterocycles. The van der Waals surface area contributed by atoms with Crippen LogP contribution in [0.2, 0.25) is 0 Å². The van der Waals surface area contributed by atoms with Crippen molar-refractivity contribution >= 4 is 11.6 Å². The average molecular weight is 312 g/mol. The van der Waals surface area contributed by atoms with E-state index in [9.17, 15) is 4.79 Å². The average Bonchev–Trinajstić information content (AvgIpc) is 2.56. The van der Waals surface area contributed by atoms with Gasteiger partial charge in [-0.15, -0.1) is 0 Å². The molecule has 1 atom stereocenters. The number of nitrogens with zero attached hydrogens (tertiary/aromatic N) is 1. The van der Waals surface area contributed by atoms with Gasteiger partial charge in [-0.2, -0.15) is 0 Å². The van der Waals surface area contributed by atoms with Crippen LogP contribution in [0.25, 0.3) is 0 Å². The van der Waals surface area contributed by atoms with Gasteiger partial charge in [0.2, 0.25) is 5.91 Å². The van der Waals surface area contributed by atoms with Crippen molar-refractivity contribution in [3.63, 3.8) is 0 Å². The van der Waals surface area contributed by atoms with E-state index in [1.54, 1.807) is 7.11 Å². The number of nitrogens with one attached hydrogen (secondary N) is 1. The Hall–Kier alpha value is -2.33. The third kappa shape index (κ3) is 4.57. The van der Waals surface area contributed by atoms with E-state index in [2.05, 4.69) is 5.32 Å². The molecule has 0 saturated carbocycles. The maximum absolute atomic E-state index is 12.4. The number of methoxy groups -OCH3 is 1. The van der Waals surface area contributed by atoms with E-state index >= 15 is 0 Å². The summed E-state index contributed by atoms with van der Waals surface area (Å²) in [6.07, 6.45) is 0. The molecule has 4 heteroatoms. The first kappa shape index (κ1) is 17.0. The summed E-state index contributed by atoms with van der Waals surface area (Å²) in [6.45, 7) is 4.60. The summed E-state index contributed by atoms with van der Waals surface area (Å²) in [6, 6.07) is 15.5. The molecular formula is C19H24N2O2. The number of benzene rings is 2. The molecule has 1 N–H and O–H groups in total. The molecule has 0 spiro atoms. The number of hydrogen-bond donors (Lipinski definition) is 1. The Labute approximate surface area is 138 Å². The van der Waals surface area contributed by atoms with E-state index in [-0.39, 0.29) is 11.9 Å². The van der Waals surface area contributed by atoms with Crippen molar-refractivity contribution in [1.82, 2.24) is 4.90 Å². The smallest absolute Gasteiger partial charge is 0.241 e. The van der Waals surface area contributed by atoms with E-state index < -0.39 is 0 Å². The van der Waals surface area contributed by atoms with Crippen molar-refractivity contribution in [1.29, 1.82) is 0 Å². The highest BCUT2D eigenvalue weighted by Gasteiger charge is 2.18. The van der Waals surface area contributed by atoms with E-state index in [0.29, 0.717) is 6.54 Å². The maximum Gasteiger partial charge on any atom is 0.241 e. The van der Waals surface area contributed by atoms with Gasteiger partial charge in [-0.1, -0.05) is 30.3 Å². The Morgan fingerprint density at radius 2 is 1.83 bits per heavy atom. The fourth-order valence-electron chi connectivity index (χ4n) is 2.31. The van der Waals surface area contributed by atoms with Crippen LogP contribution in [-0.4, -0.2) is 31.0 Å². The summed E-state index contributed by atoms with van der Waals surface area (Å²) in [4.78, 5) is 14.4. The largest absolute Gasteiger partial charge is 0.497 e. The van der Waals surface area contributed by atoms with Gasteiger partial charge < -0.3 is 10.1 Å². The molecule has 0 aromatic heterocycles. The van der Waals surface area contributed by atoms with E-state index in [1.807, 2.05) is 74.3 Å². The Morgan fingerprint density at radius 3 is 2.43 bits per heavy atom. The highest BCUT2D eigenvalue weighted by Crippen LogP contribution is 2.16. The zero-order valence-electron chi connectivity index (χ0n) is 14.2. The first-order chi connectivity index (χ1) is 11.0. The van der Waals surface area contributed by atoms with Crippen molar-refractivity contribution in [3.8, 4) is 5.75 Å². The van der Waals surface area contributed by atoms with Crippen LogP contribution in [-0.2, 0) is 11.3 Å². The number of carbonyl (C=O) groups is 1. The third-order valence-electron chi connectivity index (χ3n) is 4.03. The topological polar surface area (TPSA) is 41.6 Å². The van der Waals surface area contributed by atoms with Crippen LogP contribution >= 0.6 is 0 Å². The highest BCUT2D eigenvalue weighted by atomic mass is 16.5. The van der Waals surface area contributed by atoms with Crippen LogP contribution in [0.4, 0.5) is 5.69 Å². The van der Waals surface area contributed by atoms with Crippen molar-refractivity contribution in [2.45, 2.75) is 26.4 Å². The minimum absolute atomic E-state index is 0.00434. The fourth-order valence-corrected chi connectivity index (χ4v) is 2.31. The van der Waals surface area contributed by atoms with Gasteiger partial charge in [-0.05, 0) is 50.2 Å². The van der Waals surface area contributed by atoms with Gasteiger partial charge in [0.05, 0.1) is 13.2 Å². The molecule has 2 aromatic carbocycles. The van der Waals surface area contributed by atoms with Gasteiger partial charge in [-0.3, -0.25) is 9.69 Å². The SMILES string of the molecule is COc1ccc(CN(C)[C@@H](C)C(=O)Nc2ccccc2C)cc1. The number of para-hydroxylation sites is 1. The Kier molecular flexibility index (Phi) is 5.77. The van der Waals surface area contributed by atoms with Gasteiger partial charge in [-0.25, -0.2) is 0 Å². The van der Waals surface area contributed by atoms with E-state index in [1.165, 1.54) is 0 Å². The maximum atomic E-state index is 12.4. The molecule has 0 unspecified atom stereocenters. The van der Waals surface area contributed by atoms with Crippen molar-refractivity contribution in [2.24, 2.45) is 0 Å². The van der Waals surface area contributed by atoms with Gasteiger partial charge in [0.15, 0.2) is 0 Å². The number of hydrogen-bond acceptors (Lipinski definition) is 3. The Morgan fingerprint density at radius 1 is 1.17 bits per heavy atom. The Balaban J connectivity index is 1.96. The lowest BCUT2D eigenvalue weighted by Gasteiger charge is -2.24. The number of anilines is 1. The molecule has 0 aliphatic carbocycles. The van der Waals surface area contributed by atoms with Gasteiger partial charge in [0.1, 0.15) is 5.75 Å². The van der Waals surface area contributed by atoms with Crippen LogP contribution in [0.3, 0.4) is 0 Å². The van der Waals surface area contributed by atoms with Gasteiger partial charge >= 0.3 is 0 Å². The summed E-state index contributed by atoms with van der Waals surface area (Å²) in [5, 5.41) is 2.99. The highest BCUT2D eigenvalue weighted by molar-refractivity contribution is 5.95.